The molecule has 0 aromatic heterocycles. The molecule has 0 radical (unpaired) electrons. The Balaban J connectivity index is 2.55. The summed E-state index contributed by atoms with van der Waals surface area (Å²) in [7, 11) is 0. The number of nitriles is 1. The fourth-order valence-electron chi connectivity index (χ4n) is 1.46. The van der Waals surface area contributed by atoms with Crippen LogP contribution in [0.15, 0.2) is 39.8 Å². The van der Waals surface area contributed by atoms with E-state index in [-0.39, 0.29) is 0 Å². The van der Waals surface area contributed by atoms with Crippen LogP contribution in [0.3, 0.4) is 0 Å². The van der Waals surface area contributed by atoms with Gasteiger partial charge < -0.3 is 0 Å². The van der Waals surface area contributed by atoms with E-state index in [4.69, 9.17) is 23.2 Å². The third-order valence-corrected chi connectivity index (χ3v) is 3.63. The second-order valence-corrected chi connectivity index (χ2v) is 4.93. The van der Waals surface area contributed by atoms with Gasteiger partial charge in [-0.2, -0.15) is 5.26 Å². The highest BCUT2D eigenvalue weighted by Crippen LogP contribution is 2.37. The second-order valence-electron chi connectivity index (χ2n) is 3.28. The smallest absolute Gasteiger partial charge is 0.193 e. The van der Waals surface area contributed by atoms with Crippen molar-refractivity contribution in [2.45, 2.75) is 5.54 Å². The molecular formula is C11H5BrCl2N2. The molecule has 1 atom stereocenters. The quantitative estimate of drug-likeness (QED) is 0.772. The molecule has 0 amide bonds. The highest BCUT2D eigenvalue weighted by molar-refractivity contribution is 9.12. The SMILES string of the molecule is N#CC1(c2ccc(Cl)cc2)C=C(Br)C(Cl)=N1. The molecule has 1 aliphatic rings. The Bertz CT molecular complexity index is 508. The van der Waals surface area contributed by atoms with Gasteiger partial charge in [0.2, 0.25) is 0 Å². The van der Waals surface area contributed by atoms with Gasteiger partial charge in [-0.3, -0.25) is 0 Å². The average Bonchev–Trinajstić information content (AvgIpc) is 2.57. The van der Waals surface area contributed by atoms with E-state index < -0.39 is 5.54 Å². The lowest BCUT2D eigenvalue weighted by Crippen LogP contribution is -2.16. The minimum atomic E-state index is -1.04. The summed E-state index contributed by atoms with van der Waals surface area (Å²) in [5.74, 6) is 0. The molecule has 80 valence electrons. The van der Waals surface area contributed by atoms with Crippen LogP contribution >= 0.6 is 39.1 Å². The summed E-state index contributed by atoms with van der Waals surface area (Å²) in [6, 6.07) is 9.13. The maximum absolute atomic E-state index is 9.26. The Morgan fingerprint density at radius 3 is 2.31 bits per heavy atom. The van der Waals surface area contributed by atoms with Crippen LogP contribution in [0.1, 0.15) is 5.56 Å². The predicted molar refractivity (Wildman–Crippen MR) is 69.0 cm³/mol. The molecule has 0 saturated heterocycles. The van der Waals surface area contributed by atoms with Gasteiger partial charge in [0.25, 0.3) is 0 Å². The first-order valence-corrected chi connectivity index (χ1v) is 5.94. The van der Waals surface area contributed by atoms with Gasteiger partial charge in [0.1, 0.15) is 11.2 Å². The molecule has 1 aromatic rings. The number of hydrogen-bond acceptors (Lipinski definition) is 2. The number of benzene rings is 1. The third kappa shape index (κ3) is 1.89. The first-order chi connectivity index (χ1) is 7.57. The molecule has 1 aromatic carbocycles. The van der Waals surface area contributed by atoms with Crippen molar-refractivity contribution in [1.29, 1.82) is 5.26 Å². The zero-order valence-electron chi connectivity index (χ0n) is 7.92. The molecule has 0 bridgehead atoms. The molecule has 0 saturated carbocycles. The van der Waals surface area contributed by atoms with Gasteiger partial charge in [-0.05, 0) is 39.7 Å². The molecule has 1 heterocycles. The Hall–Kier alpha value is -0.820. The van der Waals surface area contributed by atoms with Gasteiger partial charge in [0.05, 0.1) is 4.48 Å². The zero-order valence-corrected chi connectivity index (χ0v) is 11.0. The van der Waals surface area contributed by atoms with Crippen LogP contribution < -0.4 is 0 Å². The molecular weight excluding hydrogens is 311 g/mol. The van der Waals surface area contributed by atoms with Crippen molar-refractivity contribution >= 4 is 44.3 Å². The normalized spacial score (nSPS) is 23.6. The fourth-order valence-corrected chi connectivity index (χ4v) is 2.19. The molecule has 2 nitrogen and oxygen atoms in total. The van der Waals surface area contributed by atoms with Crippen LogP contribution in [0, 0.1) is 11.3 Å². The zero-order chi connectivity index (χ0) is 11.8. The molecule has 1 unspecified atom stereocenters. The summed E-state index contributed by atoms with van der Waals surface area (Å²) in [4.78, 5) is 4.16. The molecule has 0 N–H and O–H groups in total. The predicted octanol–water partition coefficient (Wildman–Crippen LogP) is 3.99. The third-order valence-electron chi connectivity index (χ3n) is 2.26. The lowest BCUT2D eigenvalue weighted by molar-refractivity contribution is 0.748. The van der Waals surface area contributed by atoms with E-state index in [2.05, 4.69) is 27.0 Å². The van der Waals surface area contributed by atoms with E-state index in [1.54, 1.807) is 30.3 Å². The van der Waals surface area contributed by atoms with Gasteiger partial charge in [0, 0.05) is 5.02 Å². The number of hydrogen-bond donors (Lipinski definition) is 0. The summed E-state index contributed by atoms with van der Waals surface area (Å²) in [6.45, 7) is 0. The summed E-state index contributed by atoms with van der Waals surface area (Å²) in [5.41, 5.74) is -0.299. The topological polar surface area (TPSA) is 36.1 Å². The van der Waals surface area contributed by atoms with Crippen LogP contribution in [0.2, 0.25) is 5.02 Å². The Labute approximate surface area is 111 Å². The number of rotatable bonds is 1. The van der Waals surface area contributed by atoms with Gasteiger partial charge in [0.15, 0.2) is 5.54 Å². The molecule has 5 heteroatoms. The van der Waals surface area contributed by atoms with Gasteiger partial charge in [-0.25, -0.2) is 4.99 Å². The first kappa shape index (κ1) is 11.7. The maximum atomic E-state index is 9.26. The standard InChI is InChI=1S/C11H5BrCl2N2/c12-9-5-11(6-15,16-10(9)14)7-1-3-8(13)4-2-7/h1-5H. The van der Waals surface area contributed by atoms with E-state index in [0.29, 0.717) is 14.7 Å². The van der Waals surface area contributed by atoms with E-state index in [1.807, 2.05) is 0 Å². The van der Waals surface area contributed by atoms with Crippen LogP contribution in [-0.2, 0) is 5.54 Å². The number of allylic oxidation sites excluding steroid dienone is 1. The average molecular weight is 316 g/mol. The lowest BCUT2D eigenvalue weighted by Gasteiger charge is -2.15. The van der Waals surface area contributed by atoms with E-state index in [9.17, 15) is 5.26 Å². The highest BCUT2D eigenvalue weighted by atomic mass is 79.9. The van der Waals surface area contributed by atoms with Crippen LogP contribution in [0.25, 0.3) is 0 Å². The number of aliphatic imine (C=N–C) groups is 1. The highest BCUT2D eigenvalue weighted by Gasteiger charge is 2.35. The molecule has 1 aliphatic heterocycles. The van der Waals surface area contributed by atoms with Crippen molar-refractivity contribution in [1.82, 2.24) is 0 Å². The molecule has 0 aliphatic carbocycles. The van der Waals surface area contributed by atoms with Crippen LogP contribution in [-0.4, -0.2) is 5.17 Å². The summed E-state index contributed by atoms with van der Waals surface area (Å²) in [6.07, 6.45) is 1.68. The lowest BCUT2D eigenvalue weighted by atomic mass is 9.93. The molecule has 16 heavy (non-hydrogen) atoms. The van der Waals surface area contributed by atoms with Crippen molar-refractivity contribution in [3.63, 3.8) is 0 Å². The number of nitrogens with zero attached hydrogens (tertiary/aromatic N) is 2. The Kier molecular flexibility index (Phi) is 3.07. The van der Waals surface area contributed by atoms with Crippen molar-refractivity contribution in [2.75, 3.05) is 0 Å². The molecule has 2 rings (SSSR count). The van der Waals surface area contributed by atoms with Gasteiger partial charge in [-0.15, -0.1) is 0 Å². The summed E-state index contributed by atoms with van der Waals surface area (Å²) < 4.78 is 0.630. The van der Waals surface area contributed by atoms with Gasteiger partial charge >= 0.3 is 0 Å². The van der Waals surface area contributed by atoms with Crippen molar-refractivity contribution in [3.05, 3.63) is 45.4 Å². The second kappa shape index (κ2) is 4.21. The minimum absolute atomic E-state index is 0.302. The van der Waals surface area contributed by atoms with Gasteiger partial charge in [-0.1, -0.05) is 35.3 Å². The first-order valence-electron chi connectivity index (χ1n) is 4.39. The molecule has 0 spiro atoms. The fraction of sp³-hybridized carbons (Fsp3) is 0.0909. The maximum Gasteiger partial charge on any atom is 0.193 e. The minimum Gasteiger partial charge on any atom is -0.241 e. The van der Waals surface area contributed by atoms with E-state index >= 15 is 0 Å². The van der Waals surface area contributed by atoms with Crippen molar-refractivity contribution in [3.8, 4) is 6.07 Å². The summed E-state index contributed by atoms with van der Waals surface area (Å²) >= 11 is 14.9. The van der Waals surface area contributed by atoms with E-state index in [1.165, 1.54) is 0 Å². The van der Waals surface area contributed by atoms with Crippen molar-refractivity contribution in [2.24, 2.45) is 4.99 Å². The largest absolute Gasteiger partial charge is 0.241 e. The van der Waals surface area contributed by atoms with Crippen LogP contribution in [0.5, 0.6) is 0 Å². The van der Waals surface area contributed by atoms with Crippen LogP contribution in [0.4, 0.5) is 0 Å². The summed E-state index contributed by atoms with van der Waals surface area (Å²) in [5, 5.41) is 10.2. The molecule has 0 fully saturated rings. The Morgan fingerprint density at radius 1 is 1.25 bits per heavy atom. The van der Waals surface area contributed by atoms with Crippen molar-refractivity contribution < 1.29 is 0 Å². The van der Waals surface area contributed by atoms with E-state index in [0.717, 1.165) is 5.56 Å². The Morgan fingerprint density at radius 2 is 1.88 bits per heavy atom. The monoisotopic (exact) mass is 314 g/mol. The number of halogens is 3.